The van der Waals surface area contributed by atoms with E-state index in [4.69, 9.17) is 0 Å². The number of aryl methyl sites for hydroxylation is 1. The second-order valence-corrected chi connectivity index (χ2v) is 10.1. The van der Waals surface area contributed by atoms with Crippen LogP contribution in [0.1, 0.15) is 61.8 Å². The van der Waals surface area contributed by atoms with Crippen LogP contribution in [-0.4, -0.2) is 36.7 Å². The predicted octanol–water partition coefficient (Wildman–Crippen LogP) is 3.25. The number of fused-ring (bicyclic) bond motifs is 3. The number of rotatable bonds is 6. The van der Waals surface area contributed by atoms with E-state index in [1.807, 2.05) is 0 Å². The van der Waals surface area contributed by atoms with Crippen molar-refractivity contribution in [2.75, 3.05) is 6.54 Å². The molecule has 1 heterocycles. The highest BCUT2D eigenvalue weighted by Crippen LogP contribution is 2.44. The number of aromatic nitrogens is 1. The van der Waals surface area contributed by atoms with E-state index < -0.39 is 27.6 Å². The fourth-order valence-corrected chi connectivity index (χ4v) is 5.27. The molecule has 2 aliphatic rings. The first-order valence-electron chi connectivity index (χ1n) is 9.43. The number of alkyl halides is 1. The zero-order valence-electron chi connectivity index (χ0n) is 15.8. The third kappa shape index (κ3) is 3.51. The Hall–Kier alpha value is -2.06. The minimum atomic E-state index is -4.02. The maximum absolute atomic E-state index is 13.9. The highest BCUT2D eigenvalue weighted by Gasteiger charge is 2.34. The van der Waals surface area contributed by atoms with E-state index in [1.54, 1.807) is 12.3 Å². The number of benzene rings is 1. The molecule has 2 N–H and O–H groups in total. The van der Waals surface area contributed by atoms with E-state index in [0.29, 0.717) is 35.1 Å². The lowest BCUT2D eigenvalue weighted by atomic mass is 9.97. The van der Waals surface area contributed by atoms with Crippen molar-refractivity contribution in [2.24, 2.45) is 0 Å². The number of hydrogen-bond acceptors (Lipinski definition) is 4. The van der Waals surface area contributed by atoms with Crippen LogP contribution >= 0.6 is 0 Å². The number of carboxylic acid groups (broad SMARTS) is 1. The zero-order valence-corrected chi connectivity index (χ0v) is 16.6. The molecule has 0 saturated heterocycles. The van der Waals surface area contributed by atoms with Gasteiger partial charge >= 0.3 is 5.97 Å². The maximum Gasteiger partial charge on any atom is 0.310 e. The first-order chi connectivity index (χ1) is 13.1. The molecule has 6 nitrogen and oxygen atoms in total. The van der Waals surface area contributed by atoms with Gasteiger partial charge in [0.15, 0.2) is 0 Å². The average Bonchev–Trinajstić information content (AvgIpc) is 3.37. The Kier molecular flexibility index (Phi) is 4.46. The van der Waals surface area contributed by atoms with Crippen molar-refractivity contribution < 1.29 is 22.7 Å². The van der Waals surface area contributed by atoms with Crippen molar-refractivity contribution in [3.8, 4) is 0 Å². The van der Waals surface area contributed by atoms with Crippen LogP contribution in [0.15, 0.2) is 23.2 Å². The summed E-state index contributed by atoms with van der Waals surface area (Å²) in [5, 5.41) is 10.7. The van der Waals surface area contributed by atoms with Gasteiger partial charge in [0.2, 0.25) is 10.0 Å². The van der Waals surface area contributed by atoms with E-state index in [9.17, 15) is 22.7 Å². The standard InChI is InChI=1S/C20H23FN2O4S/c1-20(2,21)10-23-28(26,27)18-8-14-12(5-6-13(14)19(24)25)16-9-22-17(7-15(16)18)11-3-4-11/h7-9,11,13,23H,3-6,10H2,1-2H3,(H,24,25). The quantitative estimate of drug-likeness (QED) is 0.768. The fourth-order valence-electron chi connectivity index (χ4n) is 3.84. The number of nitrogens with one attached hydrogen (secondary N) is 1. The van der Waals surface area contributed by atoms with Gasteiger partial charge in [-0.3, -0.25) is 9.78 Å². The molecule has 2 aliphatic carbocycles. The maximum atomic E-state index is 13.9. The highest BCUT2D eigenvalue weighted by molar-refractivity contribution is 7.89. The van der Waals surface area contributed by atoms with Crippen LogP contribution in [-0.2, 0) is 21.2 Å². The number of nitrogens with zero attached hydrogens (tertiary/aromatic N) is 1. The molecule has 2 aromatic rings. The van der Waals surface area contributed by atoms with Crippen molar-refractivity contribution >= 4 is 26.8 Å². The summed E-state index contributed by atoms with van der Waals surface area (Å²) in [7, 11) is -4.02. The molecule has 0 amide bonds. The van der Waals surface area contributed by atoms with Crippen molar-refractivity contribution in [1.82, 2.24) is 9.71 Å². The Morgan fingerprint density at radius 1 is 1.29 bits per heavy atom. The average molecular weight is 406 g/mol. The number of pyridine rings is 1. The lowest BCUT2D eigenvalue weighted by Gasteiger charge is -2.18. The monoisotopic (exact) mass is 406 g/mol. The second-order valence-electron chi connectivity index (χ2n) is 8.34. The van der Waals surface area contributed by atoms with Crippen molar-refractivity contribution in [3.05, 3.63) is 35.2 Å². The Bertz CT molecular complexity index is 1070. The summed E-state index contributed by atoms with van der Waals surface area (Å²) < 4.78 is 42.3. The van der Waals surface area contributed by atoms with Gasteiger partial charge in [0, 0.05) is 35.1 Å². The van der Waals surface area contributed by atoms with Gasteiger partial charge in [0.25, 0.3) is 0 Å². The van der Waals surface area contributed by atoms with Gasteiger partial charge in [-0.05, 0) is 62.8 Å². The van der Waals surface area contributed by atoms with E-state index in [-0.39, 0.29) is 11.4 Å². The Balaban J connectivity index is 1.91. The Morgan fingerprint density at radius 2 is 2.00 bits per heavy atom. The summed E-state index contributed by atoms with van der Waals surface area (Å²) in [6.45, 7) is 2.23. The first kappa shape index (κ1) is 19.3. The highest BCUT2D eigenvalue weighted by atomic mass is 32.2. The zero-order chi connectivity index (χ0) is 20.3. The Morgan fingerprint density at radius 3 is 2.61 bits per heavy atom. The molecule has 8 heteroatoms. The van der Waals surface area contributed by atoms with Gasteiger partial charge in [-0.2, -0.15) is 0 Å². The van der Waals surface area contributed by atoms with Gasteiger partial charge in [-0.1, -0.05) is 0 Å². The molecule has 0 aliphatic heterocycles. The van der Waals surface area contributed by atoms with Crippen LogP contribution in [0.5, 0.6) is 0 Å². The third-order valence-corrected chi connectivity index (χ3v) is 6.92. The lowest BCUT2D eigenvalue weighted by molar-refractivity contribution is -0.138. The first-order valence-corrected chi connectivity index (χ1v) is 10.9. The summed E-state index contributed by atoms with van der Waals surface area (Å²) in [6.07, 6.45) is 4.73. The molecule has 28 heavy (non-hydrogen) atoms. The van der Waals surface area contributed by atoms with Crippen molar-refractivity contribution in [3.63, 3.8) is 0 Å². The number of hydrogen-bond donors (Lipinski definition) is 2. The van der Waals surface area contributed by atoms with Crippen molar-refractivity contribution in [2.45, 2.75) is 61.9 Å². The number of aliphatic carboxylic acids is 1. The summed E-state index contributed by atoms with van der Waals surface area (Å²) in [6, 6.07) is 3.27. The number of sulfonamides is 1. The second kappa shape index (κ2) is 6.49. The number of carboxylic acids is 1. The molecule has 4 rings (SSSR count). The van der Waals surface area contributed by atoms with Gasteiger partial charge in [-0.25, -0.2) is 17.5 Å². The molecule has 0 spiro atoms. The third-order valence-electron chi connectivity index (χ3n) is 5.47. The number of carbonyl (C=O) groups is 1. The van der Waals surface area contributed by atoms with Crippen LogP contribution in [0, 0.1) is 0 Å². The summed E-state index contributed by atoms with van der Waals surface area (Å²) in [4.78, 5) is 16.1. The van der Waals surface area contributed by atoms with Gasteiger partial charge in [-0.15, -0.1) is 0 Å². The van der Waals surface area contributed by atoms with Crippen LogP contribution in [0.3, 0.4) is 0 Å². The van der Waals surface area contributed by atoms with Crippen LogP contribution in [0.25, 0.3) is 10.8 Å². The lowest BCUT2D eigenvalue weighted by Crippen LogP contribution is -2.35. The van der Waals surface area contributed by atoms with E-state index in [0.717, 1.165) is 24.1 Å². The molecule has 1 saturated carbocycles. The van der Waals surface area contributed by atoms with E-state index in [1.165, 1.54) is 19.9 Å². The molecule has 1 aromatic carbocycles. The number of halogens is 1. The molecule has 1 atom stereocenters. The van der Waals surface area contributed by atoms with E-state index in [2.05, 4.69) is 9.71 Å². The van der Waals surface area contributed by atoms with Gasteiger partial charge in [0.1, 0.15) is 5.67 Å². The molecule has 150 valence electrons. The van der Waals surface area contributed by atoms with Crippen LogP contribution in [0.4, 0.5) is 4.39 Å². The summed E-state index contributed by atoms with van der Waals surface area (Å²) in [5.74, 6) is -1.37. The van der Waals surface area contributed by atoms with Crippen molar-refractivity contribution in [1.29, 1.82) is 0 Å². The summed E-state index contributed by atoms with van der Waals surface area (Å²) >= 11 is 0. The minimum absolute atomic E-state index is 0.00273. The fraction of sp³-hybridized carbons (Fsp3) is 0.500. The molecule has 1 aromatic heterocycles. The molecular weight excluding hydrogens is 383 g/mol. The van der Waals surface area contributed by atoms with Gasteiger partial charge in [0.05, 0.1) is 10.8 Å². The van der Waals surface area contributed by atoms with Crippen LogP contribution in [0.2, 0.25) is 0 Å². The van der Waals surface area contributed by atoms with Crippen LogP contribution < -0.4 is 4.72 Å². The summed E-state index contributed by atoms with van der Waals surface area (Å²) in [5.41, 5.74) is 0.509. The minimum Gasteiger partial charge on any atom is -0.481 e. The van der Waals surface area contributed by atoms with E-state index >= 15 is 0 Å². The molecule has 0 radical (unpaired) electrons. The van der Waals surface area contributed by atoms with Gasteiger partial charge < -0.3 is 5.11 Å². The molecule has 0 bridgehead atoms. The normalized spacial score (nSPS) is 19.8. The topological polar surface area (TPSA) is 96.4 Å². The molecular formula is C20H23FN2O4S. The molecule has 1 fully saturated rings. The smallest absolute Gasteiger partial charge is 0.310 e. The molecule has 1 unspecified atom stereocenters. The Labute approximate surface area is 163 Å². The largest absolute Gasteiger partial charge is 0.481 e. The predicted molar refractivity (Wildman–Crippen MR) is 103 cm³/mol. The SMILES string of the molecule is CC(C)(F)CNS(=O)(=O)c1cc2c(c3cnc(C4CC4)cc13)CCC2C(=O)O.